The predicted molar refractivity (Wildman–Crippen MR) is 127 cm³/mol. The number of amides is 2. The van der Waals surface area contributed by atoms with Crippen LogP contribution in [0, 0.1) is 0 Å². The number of methoxy groups -OCH3 is 2. The van der Waals surface area contributed by atoms with Gasteiger partial charge in [-0.25, -0.2) is 4.98 Å². The molecule has 0 saturated carbocycles. The van der Waals surface area contributed by atoms with E-state index >= 15 is 0 Å². The van der Waals surface area contributed by atoms with Crippen molar-refractivity contribution in [3.63, 3.8) is 0 Å². The van der Waals surface area contributed by atoms with Crippen LogP contribution >= 0.6 is 11.3 Å². The van der Waals surface area contributed by atoms with Gasteiger partial charge < -0.3 is 19.3 Å². The first-order chi connectivity index (χ1) is 16.1. The third kappa shape index (κ3) is 5.77. The molecule has 1 aromatic heterocycles. The molecule has 1 fully saturated rings. The van der Waals surface area contributed by atoms with Gasteiger partial charge in [-0.05, 0) is 17.7 Å². The second kappa shape index (κ2) is 10.6. The summed E-state index contributed by atoms with van der Waals surface area (Å²) in [6.45, 7) is 1.29. The first kappa shape index (κ1) is 22.9. The summed E-state index contributed by atoms with van der Waals surface area (Å²) in [5.41, 5.74) is 2.74. The van der Waals surface area contributed by atoms with E-state index in [-0.39, 0.29) is 30.9 Å². The Hall–Kier alpha value is -3.23. The molecule has 0 bridgehead atoms. The summed E-state index contributed by atoms with van der Waals surface area (Å²) in [7, 11) is 3.23. The fourth-order valence-electron chi connectivity index (χ4n) is 3.79. The molecule has 7 nitrogen and oxygen atoms in total. The second-order valence-corrected chi connectivity index (χ2v) is 8.80. The van der Waals surface area contributed by atoms with Gasteiger partial charge in [-0.3, -0.25) is 9.59 Å². The van der Waals surface area contributed by atoms with E-state index in [0.29, 0.717) is 25.3 Å². The lowest BCUT2D eigenvalue weighted by atomic mass is 10.2. The summed E-state index contributed by atoms with van der Waals surface area (Å²) in [4.78, 5) is 34.0. The van der Waals surface area contributed by atoms with Crippen molar-refractivity contribution < 1.29 is 19.1 Å². The Balaban J connectivity index is 1.42. The number of benzene rings is 2. The first-order valence-electron chi connectivity index (χ1n) is 10.8. The molecule has 1 atom stereocenters. The zero-order valence-corrected chi connectivity index (χ0v) is 19.6. The Morgan fingerprint density at radius 1 is 1.09 bits per heavy atom. The predicted octanol–water partition coefficient (Wildman–Crippen LogP) is 3.25. The topological polar surface area (TPSA) is 72.0 Å². The van der Waals surface area contributed by atoms with Gasteiger partial charge in [-0.15, -0.1) is 11.3 Å². The third-order valence-corrected chi connectivity index (χ3v) is 6.59. The summed E-state index contributed by atoms with van der Waals surface area (Å²) in [6.07, 6.45) is -0.0973. The summed E-state index contributed by atoms with van der Waals surface area (Å²) in [5, 5.41) is 2.79. The van der Waals surface area contributed by atoms with E-state index in [4.69, 9.17) is 9.47 Å². The highest BCUT2D eigenvalue weighted by Gasteiger charge is 2.30. The molecule has 1 saturated heterocycles. The van der Waals surface area contributed by atoms with Crippen LogP contribution in [-0.4, -0.2) is 66.6 Å². The van der Waals surface area contributed by atoms with E-state index in [9.17, 15) is 9.59 Å². The Morgan fingerprint density at radius 3 is 2.55 bits per heavy atom. The molecule has 0 aliphatic carbocycles. The first-order valence-corrected chi connectivity index (χ1v) is 11.6. The lowest BCUT2D eigenvalue weighted by molar-refractivity contribution is -0.138. The molecule has 1 unspecified atom stereocenters. The van der Waals surface area contributed by atoms with E-state index in [1.165, 1.54) is 11.3 Å². The molecule has 2 aromatic carbocycles. The lowest BCUT2D eigenvalue weighted by Gasteiger charge is -2.23. The maximum absolute atomic E-state index is 13.1. The minimum atomic E-state index is -0.256. The van der Waals surface area contributed by atoms with E-state index in [1.807, 2.05) is 60.0 Å². The summed E-state index contributed by atoms with van der Waals surface area (Å²) in [5.74, 6) is 0.550. The van der Waals surface area contributed by atoms with E-state index in [1.54, 1.807) is 24.0 Å². The number of carbonyl (C=O) groups is 2. The zero-order chi connectivity index (χ0) is 23.2. The maximum atomic E-state index is 13.1. The van der Waals surface area contributed by atoms with Crippen LogP contribution in [0.4, 0.5) is 0 Å². The van der Waals surface area contributed by atoms with E-state index in [0.717, 1.165) is 21.9 Å². The van der Waals surface area contributed by atoms with Crippen LogP contribution < -0.4 is 4.74 Å². The average Bonchev–Trinajstić information content (AvgIpc) is 3.25. The molecule has 1 aliphatic heterocycles. The monoisotopic (exact) mass is 465 g/mol. The molecular weight excluding hydrogens is 438 g/mol. The van der Waals surface area contributed by atoms with Crippen LogP contribution in [0.2, 0.25) is 0 Å². The molecule has 2 heterocycles. The average molecular weight is 466 g/mol. The van der Waals surface area contributed by atoms with Crippen LogP contribution in [0.25, 0.3) is 10.6 Å². The maximum Gasteiger partial charge on any atom is 0.242 e. The number of thiazole rings is 1. The number of hydrogen-bond donors (Lipinski definition) is 0. The number of rotatable bonds is 7. The second-order valence-electron chi connectivity index (χ2n) is 7.94. The molecule has 1 aliphatic rings. The van der Waals surface area contributed by atoms with Gasteiger partial charge in [0.15, 0.2) is 0 Å². The molecule has 0 radical (unpaired) electrons. The Labute approximate surface area is 197 Å². The van der Waals surface area contributed by atoms with Gasteiger partial charge >= 0.3 is 0 Å². The Morgan fingerprint density at radius 2 is 1.85 bits per heavy atom. The lowest BCUT2D eigenvalue weighted by Crippen LogP contribution is -2.40. The SMILES string of the molecule is COc1ccc(CN2CC(OC)CN(C(=O)Cc3csc(-c4ccccc4)n3)CC2=O)cc1. The van der Waals surface area contributed by atoms with E-state index in [2.05, 4.69) is 4.98 Å². The summed E-state index contributed by atoms with van der Waals surface area (Å²) in [6, 6.07) is 17.5. The molecular formula is C25H27N3O4S. The van der Waals surface area contributed by atoms with Crippen LogP contribution in [0.15, 0.2) is 60.0 Å². The van der Waals surface area contributed by atoms with Gasteiger partial charge in [0, 0.05) is 37.7 Å². The molecule has 2 amide bonds. The highest BCUT2D eigenvalue weighted by Crippen LogP contribution is 2.24. The van der Waals surface area contributed by atoms with Gasteiger partial charge in [0.2, 0.25) is 11.8 Å². The summed E-state index contributed by atoms with van der Waals surface area (Å²) >= 11 is 1.51. The number of hydrogen-bond acceptors (Lipinski definition) is 6. The quantitative estimate of drug-likeness (QED) is 0.536. The Kier molecular flexibility index (Phi) is 7.36. The van der Waals surface area contributed by atoms with Crippen molar-refractivity contribution in [1.29, 1.82) is 0 Å². The molecule has 0 spiro atoms. The molecule has 172 valence electrons. The highest BCUT2D eigenvalue weighted by atomic mass is 32.1. The largest absolute Gasteiger partial charge is 0.497 e. The fourth-order valence-corrected chi connectivity index (χ4v) is 4.62. The van der Waals surface area contributed by atoms with Crippen molar-refractivity contribution >= 4 is 23.2 Å². The van der Waals surface area contributed by atoms with Gasteiger partial charge in [-0.2, -0.15) is 0 Å². The number of aromatic nitrogens is 1. The van der Waals surface area contributed by atoms with Crippen molar-refractivity contribution in [2.75, 3.05) is 33.9 Å². The number of carbonyl (C=O) groups excluding carboxylic acids is 2. The number of ether oxygens (including phenoxy) is 2. The van der Waals surface area contributed by atoms with Crippen molar-refractivity contribution in [3.05, 3.63) is 71.2 Å². The van der Waals surface area contributed by atoms with Gasteiger partial charge in [0.1, 0.15) is 10.8 Å². The van der Waals surface area contributed by atoms with Crippen molar-refractivity contribution in [3.8, 4) is 16.3 Å². The van der Waals surface area contributed by atoms with E-state index < -0.39 is 0 Å². The minimum Gasteiger partial charge on any atom is -0.497 e. The molecule has 3 aromatic rings. The van der Waals surface area contributed by atoms with Crippen molar-refractivity contribution in [2.45, 2.75) is 19.1 Å². The minimum absolute atomic E-state index is 0.0323. The Bertz CT molecular complexity index is 1080. The third-order valence-electron chi connectivity index (χ3n) is 5.65. The zero-order valence-electron chi connectivity index (χ0n) is 18.8. The van der Waals surface area contributed by atoms with Crippen molar-refractivity contribution in [1.82, 2.24) is 14.8 Å². The molecule has 8 heteroatoms. The normalized spacial score (nSPS) is 16.5. The van der Waals surface area contributed by atoms with Gasteiger partial charge in [0.25, 0.3) is 0 Å². The highest BCUT2D eigenvalue weighted by molar-refractivity contribution is 7.13. The smallest absolute Gasteiger partial charge is 0.242 e. The van der Waals surface area contributed by atoms with Crippen LogP contribution in [0.1, 0.15) is 11.3 Å². The van der Waals surface area contributed by atoms with Crippen LogP contribution in [0.5, 0.6) is 5.75 Å². The molecule has 0 N–H and O–H groups in total. The fraction of sp³-hybridized carbons (Fsp3) is 0.320. The van der Waals surface area contributed by atoms with Crippen LogP contribution in [0.3, 0.4) is 0 Å². The van der Waals surface area contributed by atoms with Gasteiger partial charge in [0.05, 0.1) is 31.9 Å². The standard InChI is InChI=1S/C25H27N3O4S/c1-31-21-10-8-18(9-11-21)13-27-14-22(32-2)15-28(16-24(27)30)23(29)12-20-17-33-25(26-20)19-6-4-3-5-7-19/h3-11,17,22H,12-16H2,1-2H3. The van der Waals surface area contributed by atoms with Gasteiger partial charge in [-0.1, -0.05) is 42.5 Å². The summed E-state index contributed by atoms with van der Waals surface area (Å²) < 4.78 is 10.8. The number of nitrogens with zero attached hydrogens (tertiary/aromatic N) is 3. The van der Waals surface area contributed by atoms with Crippen LogP contribution in [-0.2, 0) is 27.3 Å². The molecule has 33 heavy (non-hydrogen) atoms. The van der Waals surface area contributed by atoms with Crippen molar-refractivity contribution in [2.24, 2.45) is 0 Å². The molecule has 4 rings (SSSR count).